The van der Waals surface area contributed by atoms with E-state index in [9.17, 15) is 4.79 Å². The van der Waals surface area contributed by atoms with Gasteiger partial charge in [0, 0.05) is 11.6 Å². The molecule has 1 rings (SSSR count). The number of nitrogens with zero attached hydrogens (tertiary/aromatic N) is 1. The predicted molar refractivity (Wildman–Crippen MR) is 61.8 cm³/mol. The molecular weight excluding hydrogens is 210 g/mol. The van der Waals surface area contributed by atoms with Crippen LogP contribution in [0.15, 0.2) is 11.6 Å². The van der Waals surface area contributed by atoms with Crippen molar-refractivity contribution in [3.05, 3.63) is 16.6 Å². The van der Waals surface area contributed by atoms with Crippen molar-refractivity contribution in [2.75, 3.05) is 7.05 Å². The van der Waals surface area contributed by atoms with E-state index in [4.69, 9.17) is 0 Å². The van der Waals surface area contributed by atoms with E-state index in [1.165, 1.54) is 0 Å². The number of likely N-dealkylation sites (N-methyl/N-ethyl adjacent to an activating group) is 1. The first-order valence-electron chi connectivity index (χ1n) is 4.86. The highest BCUT2D eigenvalue weighted by atomic mass is 32.1. The molecule has 5 heteroatoms. The van der Waals surface area contributed by atoms with E-state index in [0.29, 0.717) is 0 Å². The van der Waals surface area contributed by atoms with Crippen LogP contribution < -0.4 is 10.6 Å². The van der Waals surface area contributed by atoms with Crippen LogP contribution in [0.1, 0.15) is 25.8 Å². The molecular formula is C10H17N3OS. The number of aromatic nitrogens is 1. The molecule has 1 unspecified atom stereocenters. The third-order valence-corrected chi connectivity index (χ3v) is 3.33. The molecule has 0 saturated heterocycles. The van der Waals surface area contributed by atoms with Crippen LogP contribution in [0.3, 0.4) is 0 Å². The average Bonchev–Trinajstić information content (AvgIpc) is 2.69. The molecule has 0 radical (unpaired) electrons. The zero-order chi connectivity index (χ0) is 11.5. The number of thiazole rings is 1. The predicted octanol–water partition coefficient (Wildman–Crippen LogP) is 1.10. The van der Waals surface area contributed by atoms with Crippen molar-refractivity contribution in [3.8, 4) is 0 Å². The van der Waals surface area contributed by atoms with E-state index >= 15 is 0 Å². The van der Waals surface area contributed by atoms with Gasteiger partial charge in [-0.3, -0.25) is 4.79 Å². The van der Waals surface area contributed by atoms with Gasteiger partial charge in [0.05, 0.1) is 11.6 Å². The first kappa shape index (κ1) is 12.1. The molecule has 1 atom stereocenters. The standard InChI is InChI=1S/C10H17N3OS/c1-7(11-4)8(14)13-10(2,3)9-12-5-6-15-9/h5-7,11H,1-4H3,(H,13,14). The summed E-state index contributed by atoms with van der Waals surface area (Å²) in [5, 5.41) is 8.68. The molecule has 1 amide bonds. The van der Waals surface area contributed by atoms with E-state index in [-0.39, 0.29) is 11.9 Å². The Bertz CT molecular complexity index is 321. The van der Waals surface area contributed by atoms with Gasteiger partial charge in [-0.2, -0.15) is 0 Å². The van der Waals surface area contributed by atoms with Crippen molar-refractivity contribution in [1.82, 2.24) is 15.6 Å². The minimum Gasteiger partial charge on any atom is -0.343 e. The van der Waals surface area contributed by atoms with Crippen LogP contribution >= 0.6 is 11.3 Å². The highest BCUT2D eigenvalue weighted by molar-refractivity contribution is 7.09. The lowest BCUT2D eigenvalue weighted by atomic mass is 10.1. The Morgan fingerprint density at radius 1 is 1.60 bits per heavy atom. The number of hydrogen-bond donors (Lipinski definition) is 2. The molecule has 1 heterocycles. The molecule has 0 aliphatic heterocycles. The van der Waals surface area contributed by atoms with Crippen molar-refractivity contribution in [3.63, 3.8) is 0 Å². The summed E-state index contributed by atoms with van der Waals surface area (Å²) >= 11 is 1.54. The lowest BCUT2D eigenvalue weighted by Crippen LogP contribution is -2.48. The zero-order valence-electron chi connectivity index (χ0n) is 9.50. The Hall–Kier alpha value is -0.940. The molecule has 1 aromatic rings. The largest absolute Gasteiger partial charge is 0.343 e. The molecule has 84 valence electrons. The fraction of sp³-hybridized carbons (Fsp3) is 0.600. The van der Waals surface area contributed by atoms with Crippen molar-refractivity contribution in [2.24, 2.45) is 0 Å². The lowest BCUT2D eigenvalue weighted by molar-refractivity contribution is -0.124. The van der Waals surface area contributed by atoms with Crippen molar-refractivity contribution < 1.29 is 4.79 Å². The summed E-state index contributed by atoms with van der Waals surface area (Å²) in [7, 11) is 1.76. The molecule has 0 fully saturated rings. The molecule has 2 N–H and O–H groups in total. The maximum Gasteiger partial charge on any atom is 0.237 e. The van der Waals surface area contributed by atoms with Gasteiger partial charge in [0.2, 0.25) is 5.91 Å². The van der Waals surface area contributed by atoms with Gasteiger partial charge in [-0.1, -0.05) is 0 Å². The molecule has 1 aromatic heterocycles. The number of rotatable bonds is 4. The van der Waals surface area contributed by atoms with E-state index in [1.807, 2.05) is 26.2 Å². The van der Waals surface area contributed by atoms with Crippen LogP contribution in [0.4, 0.5) is 0 Å². The highest BCUT2D eigenvalue weighted by Gasteiger charge is 2.26. The number of nitrogens with one attached hydrogen (secondary N) is 2. The van der Waals surface area contributed by atoms with Crippen LogP contribution in [0.5, 0.6) is 0 Å². The second-order valence-electron chi connectivity index (χ2n) is 3.96. The minimum absolute atomic E-state index is 0.0160. The first-order chi connectivity index (χ1) is 6.97. The first-order valence-corrected chi connectivity index (χ1v) is 5.74. The fourth-order valence-corrected chi connectivity index (χ4v) is 1.85. The van der Waals surface area contributed by atoms with E-state index in [1.54, 1.807) is 24.6 Å². The Labute approximate surface area is 94.1 Å². The number of carbonyl (C=O) groups is 1. The molecule has 0 spiro atoms. The van der Waals surface area contributed by atoms with Gasteiger partial charge in [-0.15, -0.1) is 11.3 Å². The van der Waals surface area contributed by atoms with Gasteiger partial charge in [0.25, 0.3) is 0 Å². The molecule has 15 heavy (non-hydrogen) atoms. The summed E-state index contributed by atoms with van der Waals surface area (Å²) in [5.74, 6) is -0.0160. The minimum atomic E-state index is -0.406. The summed E-state index contributed by atoms with van der Waals surface area (Å²) in [5.41, 5.74) is -0.406. The molecule has 0 bridgehead atoms. The summed E-state index contributed by atoms with van der Waals surface area (Å²) in [4.78, 5) is 15.9. The maximum absolute atomic E-state index is 11.7. The normalized spacial score (nSPS) is 13.6. The number of amides is 1. The van der Waals surface area contributed by atoms with Gasteiger partial charge < -0.3 is 10.6 Å². The van der Waals surface area contributed by atoms with Gasteiger partial charge in [0.15, 0.2) is 0 Å². The van der Waals surface area contributed by atoms with Gasteiger partial charge in [-0.05, 0) is 27.8 Å². The molecule has 0 aliphatic carbocycles. The van der Waals surface area contributed by atoms with Crippen molar-refractivity contribution in [1.29, 1.82) is 0 Å². The summed E-state index contributed by atoms with van der Waals surface area (Å²) < 4.78 is 0. The van der Waals surface area contributed by atoms with Gasteiger partial charge in [0.1, 0.15) is 5.01 Å². The van der Waals surface area contributed by atoms with Gasteiger partial charge in [-0.25, -0.2) is 4.98 Å². The quantitative estimate of drug-likeness (QED) is 0.810. The maximum atomic E-state index is 11.7. The third-order valence-electron chi connectivity index (χ3n) is 2.23. The zero-order valence-corrected chi connectivity index (χ0v) is 10.3. The third kappa shape index (κ3) is 3.00. The summed E-state index contributed by atoms with van der Waals surface area (Å²) in [6.07, 6.45) is 1.75. The fourth-order valence-electron chi connectivity index (χ4n) is 1.13. The second kappa shape index (κ2) is 4.72. The molecule has 0 aromatic carbocycles. The molecule has 0 saturated carbocycles. The Morgan fingerprint density at radius 2 is 2.27 bits per heavy atom. The smallest absolute Gasteiger partial charge is 0.237 e. The van der Waals surface area contributed by atoms with Crippen LogP contribution in [0.25, 0.3) is 0 Å². The molecule has 4 nitrogen and oxygen atoms in total. The van der Waals surface area contributed by atoms with Gasteiger partial charge >= 0.3 is 0 Å². The van der Waals surface area contributed by atoms with Crippen molar-refractivity contribution >= 4 is 17.2 Å². The monoisotopic (exact) mass is 227 g/mol. The Kier molecular flexibility index (Phi) is 3.82. The van der Waals surface area contributed by atoms with Crippen LogP contribution in [0.2, 0.25) is 0 Å². The number of carbonyl (C=O) groups excluding carboxylic acids is 1. The van der Waals surface area contributed by atoms with Crippen LogP contribution in [0, 0.1) is 0 Å². The lowest BCUT2D eigenvalue weighted by Gasteiger charge is -2.25. The average molecular weight is 227 g/mol. The number of hydrogen-bond acceptors (Lipinski definition) is 4. The van der Waals surface area contributed by atoms with Crippen molar-refractivity contribution in [2.45, 2.75) is 32.4 Å². The van der Waals surface area contributed by atoms with E-state index in [0.717, 1.165) is 5.01 Å². The Balaban J connectivity index is 2.69. The SMILES string of the molecule is CNC(C)C(=O)NC(C)(C)c1nccs1. The topological polar surface area (TPSA) is 54.0 Å². The highest BCUT2D eigenvalue weighted by Crippen LogP contribution is 2.21. The molecule has 0 aliphatic rings. The summed E-state index contributed by atoms with van der Waals surface area (Å²) in [6, 6.07) is -0.191. The van der Waals surface area contributed by atoms with E-state index in [2.05, 4.69) is 15.6 Å². The second-order valence-corrected chi connectivity index (χ2v) is 4.86. The summed E-state index contributed by atoms with van der Waals surface area (Å²) in [6.45, 7) is 5.73. The van der Waals surface area contributed by atoms with E-state index < -0.39 is 5.54 Å². The van der Waals surface area contributed by atoms with Crippen LogP contribution in [-0.2, 0) is 10.3 Å². The van der Waals surface area contributed by atoms with Crippen LogP contribution in [-0.4, -0.2) is 24.0 Å². The Morgan fingerprint density at radius 3 is 2.73 bits per heavy atom.